The summed E-state index contributed by atoms with van der Waals surface area (Å²) < 4.78 is 32.2. The molecular formula is C20H23ClN2O4S. The molecule has 8 heteroatoms. The number of carbonyl (C=O) groups excluding carboxylic acids is 1. The quantitative estimate of drug-likeness (QED) is 0.669. The molecule has 2 aromatic rings. The zero-order valence-corrected chi connectivity index (χ0v) is 17.2. The number of nitrogens with zero attached hydrogens (tertiary/aromatic N) is 2. The van der Waals surface area contributed by atoms with Crippen LogP contribution in [0.3, 0.4) is 0 Å². The first-order valence-corrected chi connectivity index (χ1v) is 11.0. The zero-order chi connectivity index (χ0) is 20.1. The van der Waals surface area contributed by atoms with Crippen LogP contribution in [0.15, 0.2) is 53.4 Å². The van der Waals surface area contributed by atoms with Crippen molar-refractivity contribution in [3.8, 4) is 0 Å². The van der Waals surface area contributed by atoms with Crippen LogP contribution in [0.2, 0.25) is 5.02 Å². The Balaban J connectivity index is 1.62. The van der Waals surface area contributed by atoms with Crippen LogP contribution in [-0.2, 0) is 21.3 Å². The molecule has 1 aliphatic rings. The normalized spacial score (nSPS) is 16.1. The van der Waals surface area contributed by atoms with Crippen LogP contribution in [-0.4, -0.2) is 56.4 Å². The van der Waals surface area contributed by atoms with E-state index in [0.29, 0.717) is 36.8 Å². The Labute approximate surface area is 170 Å². The van der Waals surface area contributed by atoms with E-state index in [1.807, 2.05) is 24.3 Å². The lowest BCUT2D eigenvalue weighted by Gasteiger charge is -2.34. The molecule has 1 fully saturated rings. The smallest absolute Gasteiger partial charge is 0.338 e. The minimum atomic E-state index is -3.59. The molecular weight excluding hydrogens is 400 g/mol. The number of halogens is 1. The third-order valence-electron chi connectivity index (χ3n) is 4.63. The maximum Gasteiger partial charge on any atom is 0.338 e. The molecule has 0 N–H and O–H groups in total. The van der Waals surface area contributed by atoms with Gasteiger partial charge in [0.1, 0.15) is 0 Å². The standard InChI is InChI=1S/C20H23ClN2O4S/c1-2-27-20(24)17-6-8-19(9-7-17)28(25,26)23-12-10-22(11-13-23)15-16-4-3-5-18(21)14-16/h3-9,14H,2,10-13,15H2,1H3. The van der Waals surface area contributed by atoms with Crippen molar-refractivity contribution in [2.75, 3.05) is 32.8 Å². The number of ether oxygens (including phenoxy) is 1. The Morgan fingerprint density at radius 1 is 1.07 bits per heavy atom. The van der Waals surface area contributed by atoms with E-state index in [1.54, 1.807) is 6.92 Å². The number of piperazine rings is 1. The first-order chi connectivity index (χ1) is 13.4. The van der Waals surface area contributed by atoms with Gasteiger partial charge in [0.05, 0.1) is 17.1 Å². The first kappa shape index (κ1) is 20.8. The molecule has 1 aliphatic heterocycles. The van der Waals surface area contributed by atoms with E-state index in [0.717, 1.165) is 12.1 Å². The van der Waals surface area contributed by atoms with Gasteiger partial charge in [0.2, 0.25) is 10.0 Å². The summed E-state index contributed by atoms with van der Waals surface area (Å²) in [6, 6.07) is 13.6. The Bertz CT molecular complexity index is 923. The Morgan fingerprint density at radius 2 is 1.75 bits per heavy atom. The van der Waals surface area contributed by atoms with Crippen LogP contribution in [0, 0.1) is 0 Å². The molecule has 28 heavy (non-hydrogen) atoms. The van der Waals surface area contributed by atoms with Gasteiger partial charge in [-0.3, -0.25) is 4.90 Å². The number of benzene rings is 2. The van der Waals surface area contributed by atoms with Gasteiger partial charge in [-0.2, -0.15) is 4.31 Å². The van der Waals surface area contributed by atoms with Crippen molar-refractivity contribution in [2.24, 2.45) is 0 Å². The molecule has 0 atom stereocenters. The molecule has 0 radical (unpaired) electrons. The molecule has 1 saturated heterocycles. The second kappa shape index (κ2) is 9.05. The van der Waals surface area contributed by atoms with E-state index in [4.69, 9.17) is 16.3 Å². The summed E-state index contributed by atoms with van der Waals surface area (Å²) in [7, 11) is -3.59. The van der Waals surface area contributed by atoms with E-state index in [9.17, 15) is 13.2 Å². The van der Waals surface area contributed by atoms with Gasteiger partial charge in [0.15, 0.2) is 0 Å². The summed E-state index contributed by atoms with van der Waals surface area (Å²) in [4.78, 5) is 14.1. The predicted molar refractivity (Wildman–Crippen MR) is 108 cm³/mol. The number of esters is 1. The predicted octanol–water partition coefficient (Wildman–Crippen LogP) is 3.02. The second-order valence-corrected chi connectivity index (χ2v) is 8.93. The van der Waals surface area contributed by atoms with Gasteiger partial charge in [-0.1, -0.05) is 23.7 Å². The molecule has 6 nitrogen and oxygen atoms in total. The molecule has 1 heterocycles. The summed E-state index contributed by atoms with van der Waals surface area (Å²) in [6.07, 6.45) is 0. The monoisotopic (exact) mass is 422 g/mol. The third-order valence-corrected chi connectivity index (χ3v) is 6.78. The van der Waals surface area contributed by atoms with E-state index in [-0.39, 0.29) is 11.5 Å². The summed E-state index contributed by atoms with van der Waals surface area (Å²) >= 11 is 6.03. The van der Waals surface area contributed by atoms with Crippen LogP contribution in [0.1, 0.15) is 22.8 Å². The number of hydrogen-bond acceptors (Lipinski definition) is 5. The maximum absolute atomic E-state index is 12.9. The lowest BCUT2D eigenvalue weighted by atomic mass is 10.2. The highest BCUT2D eigenvalue weighted by molar-refractivity contribution is 7.89. The zero-order valence-electron chi connectivity index (χ0n) is 15.7. The van der Waals surface area contributed by atoms with Gasteiger partial charge in [-0.25, -0.2) is 13.2 Å². The maximum atomic E-state index is 12.9. The van der Waals surface area contributed by atoms with Crippen LogP contribution in [0.5, 0.6) is 0 Å². The molecule has 0 amide bonds. The molecule has 3 rings (SSSR count). The summed E-state index contributed by atoms with van der Waals surface area (Å²) in [5.41, 5.74) is 1.45. The van der Waals surface area contributed by atoms with Gasteiger partial charge in [0, 0.05) is 37.7 Å². The van der Waals surface area contributed by atoms with Crippen molar-refractivity contribution in [3.05, 3.63) is 64.7 Å². The first-order valence-electron chi connectivity index (χ1n) is 9.14. The molecule has 0 aliphatic carbocycles. The van der Waals surface area contributed by atoms with Gasteiger partial charge in [-0.15, -0.1) is 0 Å². The molecule has 0 spiro atoms. The topological polar surface area (TPSA) is 66.9 Å². The highest BCUT2D eigenvalue weighted by Crippen LogP contribution is 2.20. The van der Waals surface area contributed by atoms with Crippen molar-refractivity contribution in [1.29, 1.82) is 0 Å². The summed E-state index contributed by atoms with van der Waals surface area (Å²) in [5, 5.41) is 0.699. The average Bonchev–Trinajstić information content (AvgIpc) is 2.69. The fraction of sp³-hybridized carbons (Fsp3) is 0.350. The molecule has 0 aromatic heterocycles. The third kappa shape index (κ3) is 4.91. The van der Waals surface area contributed by atoms with Crippen LogP contribution in [0.25, 0.3) is 0 Å². The van der Waals surface area contributed by atoms with E-state index in [2.05, 4.69) is 4.90 Å². The van der Waals surface area contributed by atoms with Crippen molar-refractivity contribution < 1.29 is 17.9 Å². The van der Waals surface area contributed by atoms with Gasteiger partial charge in [0.25, 0.3) is 0 Å². The van der Waals surface area contributed by atoms with Gasteiger partial charge in [-0.05, 0) is 48.9 Å². The van der Waals surface area contributed by atoms with Crippen molar-refractivity contribution in [2.45, 2.75) is 18.4 Å². The molecule has 0 saturated carbocycles. The Morgan fingerprint density at radius 3 is 2.36 bits per heavy atom. The van der Waals surface area contributed by atoms with E-state index in [1.165, 1.54) is 28.6 Å². The molecule has 0 unspecified atom stereocenters. The lowest BCUT2D eigenvalue weighted by molar-refractivity contribution is 0.0526. The SMILES string of the molecule is CCOC(=O)c1ccc(S(=O)(=O)N2CCN(Cc3cccc(Cl)c3)CC2)cc1. The lowest BCUT2D eigenvalue weighted by Crippen LogP contribution is -2.48. The largest absolute Gasteiger partial charge is 0.462 e. The van der Waals surface area contributed by atoms with E-state index >= 15 is 0 Å². The molecule has 2 aromatic carbocycles. The van der Waals surface area contributed by atoms with Crippen LogP contribution in [0.4, 0.5) is 0 Å². The summed E-state index contributed by atoms with van der Waals surface area (Å²) in [5.74, 6) is -0.457. The second-order valence-electron chi connectivity index (χ2n) is 6.56. The highest BCUT2D eigenvalue weighted by Gasteiger charge is 2.28. The molecule has 0 bridgehead atoms. The summed E-state index contributed by atoms with van der Waals surface area (Å²) in [6.45, 7) is 4.87. The van der Waals surface area contributed by atoms with Gasteiger partial charge >= 0.3 is 5.97 Å². The minimum absolute atomic E-state index is 0.184. The van der Waals surface area contributed by atoms with Crippen molar-refractivity contribution >= 4 is 27.6 Å². The highest BCUT2D eigenvalue weighted by atomic mass is 35.5. The molecule has 150 valence electrons. The fourth-order valence-corrected chi connectivity index (χ4v) is 4.78. The Kier molecular flexibility index (Phi) is 6.72. The van der Waals surface area contributed by atoms with E-state index < -0.39 is 16.0 Å². The van der Waals surface area contributed by atoms with Gasteiger partial charge < -0.3 is 4.74 Å². The minimum Gasteiger partial charge on any atom is -0.462 e. The van der Waals surface area contributed by atoms with Crippen LogP contribution < -0.4 is 0 Å². The number of hydrogen-bond donors (Lipinski definition) is 0. The van der Waals surface area contributed by atoms with Crippen LogP contribution >= 0.6 is 11.6 Å². The van der Waals surface area contributed by atoms with Crippen molar-refractivity contribution in [3.63, 3.8) is 0 Å². The Hall–Kier alpha value is -1.93. The number of rotatable bonds is 6. The number of sulfonamides is 1. The number of carbonyl (C=O) groups is 1. The van der Waals surface area contributed by atoms with Crippen molar-refractivity contribution in [1.82, 2.24) is 9.21 Å². The average molecular weight is 423 g/mol. The fourth-order valence-electron chi connectivity index (χ4n) is 3.15.